The normalized spacial score (nSPS) is 10.1. The van der Waals surface area contributed by atoms with E-state index in [9.17, 15) is 9.59 Å². The quantitative estimate of drug-likeness (QED) is 0.340. The Morgan fingerprint density at radius 1 is 1.32 bits per heavy atom. The van der Waals surface area contributed by atoms with Crippen LogP contribution in [0.3, 0.4) is 0 Å². The largest absolute Gasteiger partial charge is 0.481 e. The summed E-state index contributed by atoms with van der Waals surface area (Å²) in [6.07, 6.45) is 0. The highest BCUT2D eigenvalue weighted by Crippen LogP contribution is 2.17. The maximum Gasteiger partial charge on any atom is 0.291 e. The summed E-state index contributed by atoms with van der Waals surface area (Å²) in [4.78, 5) is 24.6. The number of amides is 1. The van der Waals surface area contributed by atoms with Crippen molar-refractivity contribution in [1.29, 1.82) is 0 Å². The van der Waals surface area contributed by atoms with Crippen LogP contribution in [0.15, 0.2) is 45.6 Å². The van der Waals surface area contributed by atoms with Gasteiger partial charge in [-0.3, -0.25) is 15.0 Å². The van der Waals surface area contributed by atoms with Gasteiger partial charge in [0, 0.05) is 19.2 Å². The Morgan fingerprint density at radius 3 is 2.76 bits per heavy atom. The topological polar surface area (TPSA) is 143 Å². The number of rotatable bonds is 9. The van der Waals surface area contributed by atoms with E-state index in [4.69, 9.17) is 20.4 Å². The van der Waals surface area contributed by atoms with Crippen molar-refractivity contribution in [2.24, 2.45) is 5.73 Å². The van der Waals surface area contributed by atoms with Gasteiger partial charge in [-0.05, 0) is 5.56 Å². The lowest BCUT2D eigenvalue weighted by Gasteiger charge is -2.12. The van der Waals surface area contributed by atoms with Crippen molar-refractivity contribution < 1.29 is 19.2 Å². The van der Waals surface area contributed by atoms with E-state index >= 15 is 0 Å². The Labute approximate surface area is 143 Å². The van der Waals surface area contributed by atoms with E-state index in [0.717, 1.165) is 5.56 Å². The molecule has 5 N–H and O–H groups in total. The molecule has 0 fully saturated rings. The summed E-state index contributed by atoms with van der Waals surface area (Å²) in [7, 11) is 0. The summed E-state index contributed by atoms with van der Waals surface area (Å²) < 4.78 is 11.0. The number of hydrogen-bond acceptors (Lipinski definition) is 5. The van der Waals surface area contributed by atoms with Gasteiger partial charge < -0.3 is 20.2 Å². The number of benzene rings is 1. The van der Waals surface area contributed by atoms with Gasteiger partial charge in [0.15, 0.2) is 0 Å². The third-order valence-corrected chi connectivity index (χ3v) is 3.16. The van der Waals surface area contributed by atoms with Gasteiger partial charge in [0.2, 0.25) is 16.9 Å². The number of carbonyl (C=O) groups excluding carboxylic acids is 1. The number of nitrogens with one attached hydrogen (secondary N) is 3. The zero-order valence-corrected chi connectivity index (χ0v) is 13.5. The van der Waals surface area contributed by atoms with Crippen LogP contribution in [0, 0.1) is 0 Å². The summed E-state index contributed by atoms with van der Waals surface area (Å²) in [6, 6.07) is 10.4. The maximum atomic E-state index is 12.3. The first-order chi connectivity index (χ1) is 12.2. The Balaban J connectivity index is 2.29. The van der Waals surface area contributed by atoms with Crippen molar-refractivity contribution in [3.8, 4) is 5.75 Å². The number of hydrazine groups is 1. The molecule has 0 aliphatic rings. The first kappa shape index (κ1) is 18.1. The van der Waals surface area contributed by atoms with E-state index in [0.29, 0.717) is 0 Å². The standard InChI is InChI=1S/C16H19N5O4/c17-6-7-19-16(23)15-14(24-10-11-4-2-1-3-5-11)13(22)8-12(25-15)9-20-21-18/h1-5,8,21H,6-7,9-10,17H2,(H2-,18,19,20,23). The molecule has 9 heteroatoms. The van der Waals surface area contributed by atoms with Crippen molar-refractivity contribution in [2.45, 2.75) is 13.2 Å². The van der Waals surface area contributed by atoms with Gasteiger partial charge in [0.25, 0.3) is 5.91 Å². The minimum absolute atomic E-state index is 0.0120. The van der Waals surface area contributed by atoms with Crippen LogP contribution >= 0.6 is 0 Å². The SMILES string of the molecule is [N-]=[NH+]NCc1cc(=O)c(OCc2ccccc2)c(C(=O)NCCN)o1. The predicted octanol–water partition coefficient (Wildman–Crippen LogP) is -0.986. The number of ether oxygens (including phenoxy) is 1. The highest BCUT2D eigenvalue weighted by molar-refractivity contribution is 5.93. The van der Waals surface area contributed by atoms with Gasteiger partial charge >= 0.3 is 0 Å². The molecule has 1 aromatic heterocycles. The fourth-order valence-corrected chi connectivity index (χ4v) is 2.03. The van der Waals surface area contributed by atoms with E-state index in [1.54, 1.807) is 5.22 Å². The lowest BCUT2D eigenvalue weighted by molar-refractivity contribution is -0.551. The summed E-state index contributed by atoms with van der Waals surface area (Å²) in [6.45, 7) is 0.563. The first-order valence-electron chi connectivity index (χ1n) is 7.59. The van der Waals surface area contributed by atoms with Crippen LogP contribution in [0.25, 0.3) is 5.53 Å². The fourth-order valence-electron chi connectivity index (χ4n) is 2.03. The van der Waals surface area contributed by atoms with E-state index in [1.165, 1.54) is 6.07 Å². The maximum absolute atomic E-state index is 12.3. The van der Waals surface area contributed by atoms with Gasteiger partial charge in [-0.1, -0.05) is 30.3 Å². The molecule has 9 nitrogen and oxygen atoms in total. The molecule has 1 amide bonds. The minimum Gasteiger partial charge on any atom is -0.481 e. The van der Waals surface area contributed by atoms with E-state index in [2.05, 4.69) is 10.7 Å². The highest BCUT2D eigenvalue weighted by atomic mass is 16.5. The average molecular weight is 345 g/mol. The van der Waals surface area contributed by atoms with Crippen LogP contribution in [0.4, 0.5) is 0 Å². The van der Waals surface area contributed by atoms with Gasteiger partial charge in [0.1, 0.15) is 12.4 Å². The Kier molecular flexibility index (Phi) is 6.66. The molecule has 0 aliphatic carbocycles. The molecule has 0 radical (unpaired) electrons. The molecule has 0 saturated heterocycles. The zero-order chi connectivity index (χ0) is 18.1. The molecule has 132 valence electrons. The highest BCUT2D eigenvalue weighted by Gasteiger charge is 2.20. The molecule has 0 spiro atoms. The molecule has 0 aliphatic heterocycles. The number of hydrogen-bond donors (Lipinski definition) is 4. The smallest absolute Gasteiger partial charge is 0.291 e. The molecular formula is C16H19N5O4. The fraction of sp³-hybridized carbons (Fsp3) is 0.250. The van der Waals surface area contributed by atoms with E-state index < -0.39 is 11.3 Å². The Bertz CT molecular complexity index is 776. The molecule has 0 unspecified atom stereocenters. The molecule has 1 aromatic carbocycles. The average Bonchev–Trinajstić information content (AvgIpc) is 2.64. The first-order valence-corrected chi connectivity index (χ1v) is 7.59. The van der Waals surface area contributed by atoms with E-state index in [-0.39, 0.29) is 43.5 Å². The van der Waals surface area contributed by atoms with E-state index in [1.807, 2.05) is 30.3 Å². The van der Waals surface area contributed by atoms with Gasteiger partial charge in [-0.15, -0.1) is 0 Å². The molecule has 1 heterocycles. The van der Waals surface area contributed by atoms with Crippen molar-refractivity contribution in [1.82, 2.24) is 10.7 Å². The second-order valence-corrected chi connectivity index (χ2v) is 5.02. The molecule has 25 heavy (non-hydrogen) atoms. The van der Waals surface area contributed by atoms with Crippen LogP contribution in [-0.2, 0) is 13.2 Å². The summed E-state index contributed by atoms with van der Waals surface area (Å²) in [5, 5.41) is 4.26. The second kappa shape index (κ2) is 9.18. The number of nitrogens with two attached hydrogens (primary N) is 1. The van der Waals surface area contributed by atoms with Crippen LogP contribution in [0.1, 0.15) is 21.9 Å². The van der Waals surface area contributed by atoms with Crippen molar-refractivity contribution in [2.75, 3.05) is 13.1 Å². The van der Waals surface area contributed by atoms with Gasteiger partial charge in [-0.2, -0.15) is 10.8 Å². The monoisotopic (exact) mass is 345 g/mol. The van der Waals surface area contributed by atoms with Crippen LogP contribution in [0.2, 0.25) is 0 Å². The van der Waals surface area contributed by atoms with Crippen LogP contribution < -0.4 is 31.9 Å². The molecule has 0 bridgehead atoms. The van der Waals surface area contributed by atoms with Crippen LogP contribution in [-0.4, -0.2) is 19.0 Å². The van der Waals surface area contributed by atoms with Crippen molar-refractivity contribution in [3.05, 3.63) is 69.2 Å². The molecular weight excluding hydrogens is 326 g/mol. The minimum atomic E-state index is -0.607. The lowest BCUT2D eigenvalue weighted by atomic mass is 10.2. The van der Waals surface area contributed by atoms with Gasteiger partial charge in [0.05, 0.1) is 6.54 Å². The lowest BCUT2D eigenvalue weighted by Crippen LogP contribution is -2.74. The second-order valence-electron chi connectivity index (χ2n) is 5.02. The summed E-state index contributed by atoms with van der Waals surface area (Å²) in [5.74, 6) is -0.883. The summed E-state index contributed by atoms with van der Waals surface area (Å²) >= 11 is 0. The zero-order valence-electron chi connectivity index (χ0n) is 13.5. The summed E-state index contributed by atoms with van der Waals surface area (Å²) in [5.41, 5.74) is 16.6. The molecule has 0 saturated carbocycles. The molecule has 2 aromatic rings. The van der Waals surface area contributed by atoms with Crippen molar-refractivity contribution in [3.63, 3.8) is 0 Å². The third-order valence-electron chi connectivity index (χ3n) is 3.16. The van der Waals surface area contributed by atoms with Crippen LogP contribution in [0.5, 0.6) is 5.75 Å². The molecule has 0 atom stereocenters. The number of nitrogens with zero attached hydrogens (tertiary/aromatic N) is 1. The predicted molar refractivity (Wildman–Crippen MR) is 88.3 cm³/mol. The Hall–Kier alpha value is -3.20. The van der Waals surface area contributed by atoms with Crippen molar-refractivity contribution >= 4 is 5.91 Å². The van der Waals surface area contributed by atoms with Gasteiger partial charge in [-0.25, -0.2) is 0 Å². The molecule has 2 rings (SSSR count). The number of carbonyl (C=O) groups is 1. The Morgan fingerprint density at radius 2 is 2.08 bits per heavy atom. The third kappa shape index (κ3) is 5.15.